The number of aliphatic hydroxyl groups is 1. The van der Waals surface area contributed by atoms with E-state index in [1.807, 2.05) is 54.6 Å². The first kappa shape index (κ1) is 24.6. The number of ketones is 1. The van der Waals surface area contributed by atoms with Crippen LogP contribution in [0.1, 0.15) is 43.5 Å². The van der Waals surface area contributed by atoms with Gasteiger partial charge in [0.2, 0.25) is 5.95 Å². The third-order valence-corrected chi connectivity index (χ3v) is 7.24. The highest BCUT2D eigenvalue weighted by Crippen LogP contribution is 2.43. The number of carbonyl (C=O) groups excluding carboxylic acids is 2. The Morgan fingerprint density at radius 1 is 0.949 bits per heavy atom. The van der Waals surface area contributed by atoms with Crippen molar-refractivity contribution in [3.63, 3.8) is 0 Å². The van der Waals surface area contributed by atoms with Crippen molar-refractivity contribution in [1.29, 1.82) is 0 Å². The number of hydrogen-bond donors (Lipinski definition) is 2. The van der Waals surface area contributed by atoms with Crippen molar-refractivity contribution in [1.82, 2.24) is 9.97 Å². The lowest BCUT2D eigenvalue weighted by molar-refractivity contribution is -0.132. The van der Waals surface area contributed by atoms with Gasteiger partial charge in [0.15, 0.2) is 0 Å². The van der Waals surface area contributed by atoms with Gasteiger partial charge < -0.3 is 10.1 Å². The second kappa shape index (κ2) is 8.91. The number of rotatable bonds is 3. The number of anilines is 1. The number of imidazole rings is 1. The topological polar surface area (TPSA) is 86.3 Å². The standard InChI is InChI=1S/C32H26FN3O3/c1-32(2,3)20-13-11-19(12-14-20)27-26(28(37)23-10-6-8-18-7-4-5-9-22(18)23)29(38)30(39)36(27)31-34-24-16-15-21(33)17-25(24)35-31/h4-17,27,37H,1-3H3,(H,34,35)/b28-26+. The van der Waals surface area contributed by atoms with E-state index < -0.39 is 23.5 Å². The van der Waals surface area contributed by atoms with Gasteiger partial charge in [0.1, 0.15) is 11.6 Å². The van der Waals surface area contributed by atoms with Gasteiger partial charge in [-0.05, 0) is 45.5 Å². The van der Waals surface area contributed by atoms with Crippen molar-refractivity contribution in [3.05, 3.63) is 113 Å². The molecule has 1 aliphatic heterocycles. The normalized spacial score (nSPS) is 17.4. The Kier molecular flexibility index (Phi) is 5.61. The van der Waals surface area contributed by atoms with Crippen LogP contribution in [0.4, 0.5) is 10.3 Å². The molecular weight excluding hydrogens is 493 g/mol. The Hall–Kier alpha value is -4.78. The van der Waals surface area contributed by atoms with Gasteiger partial charge in [0.25, 0.3) is 5.78 Å². The molecule has 7 heteroatoms. The van der Waals surface area contributed by atoms with Crippen molar-refractivity contribution in [3.8, 4) is 0 Å². The van der Waals surface area contributed by atoms with Crippen molar-refractivity contribution in [2.75, 3.05) is 4.90 Å². The van der Waals surface area contributed by atoms with Crippen LogP contribution < -0.4 is 4.90 Å². The molecule has 0 aliphatic carbocycles. The minimum Gasteiger partial charge on any atom is -0.507 e. The summed E-state index contributed by atoms with van der Waals surface area (Å²) < 4.78 is 13.9. The molecule has 0 bridgehead atoms. The summed E-state index contributed by atoms with van der Waals surface area (Å²) in [5.41, 5.74) is 2.87. The van der Waals surface area contributed by atoms with E-state index in [0.717, 1.165) is 16.3 Å². The Balaban J connectivity index is 1.59. The van der Waals surface area contributed by atoms with E-state index in [2.05, 4.69) is 30.7 Å². The molecule has 6 nitrogen and oxygen atoms in total. The van der Waals surface area contributed by atoms with Crippen LogP contribution in [0.2, 0.25) is 0 Å². The lowest BCUT2D eigenvalue weighted by atomic mass is 9.85. The highest BCUT2D eigenvalue weighted by molar-refractivity contribution is 6.51. The van der Waals surface area contributed by atoms with Gasteiger partial charge >= 0.3 is 5.91 Å². The molecule has 1 amide bonds. The predicted molar refractivity (Wildman–Crippen MR) is 150 cm³/mol. The Morgan fingerprint density at radius 2 is 1.67 bits per heavy atom. The maximum Gasteiger partial charge on any atom is 0.302 e. The molecule has 194 valence electrons. The van der Waals surface area contributed by atoms with E-state index in [4.69, 9.17) is 0 Å². The smallest absolute Gasteiger partial charge is 0.302 e. The number of benzene rings is 4. The number of aromatic amines is 1. The highest BCUT2D eigenvalue weighted by Gasteiger charge is 2.48. The Bertz CT molecular complexity index is 1810. The van der Waals surface area contributed by atoms with Crippen molar-refractivity contribution >= 4 is 45.2 Å². The number of aromatic nitrogens is 2. The minimum atomic E-state index is -0.955. The second-order valence-electron chi connectivity index (χ2n) is 10.8. The van der Waals surface area contributed by atoms with Gasteiger partial charge in [-0.2, -0.15) is 0 Å². The summed E-state index contributed by atoms with van der Waals surface area (Å²) in [4.78, 5) is 35.9. The van der Waals surface area contributed by atoms with Crippen LogP contribution in [0.5, 0.6) is 0 Å². The lowest BCUT2D eigenvalue weighted by Crippen LogP contribution is -2.30. The van der Waals surface area contributed by atoms with E-state index in [-0.39, 0.29) is 22.7 Å². The van der Waals surface area contributed by atoms with Crippen LogP contribution in [0.15, 0.2) is 90.5 Å². The molecule has 0 radical (unpaired) electrons. The van der Waals surface area contributed by atoms with Crippen molar-refractivity contribution in [2.24, 2.45) is 0 Å². The Morgan fingerprint density at radius 3 is 2.41 bits per heavy atom. The molecule has 6 rings (SSSR count). The fraction of sp³-hybridized carbons (Fsp3) is 0.156. The summed E-state index contributed by atoms with van der Waals surface area (Å²) in [5, 5.41) is 13.3. The fourth-order valence-corrected chi connectivity index (χ4v) is 5.19. The van der Waals surface area contributed by atoms with E-state index in [1.54, 1.807) is 12.1 Å². The van der Waals surface area contributed by atoms with Crippen LogP contribution >= 0.6 is 0 Å². The summed E-state index contributed by atoms with van der Waals surface area (Å²) in [7, 11) is 0. The van der Waals surface area contributed by atoms with Gasteiger partial charge in [0.05, 0.1) is 22.6 Å². The van der Waals surface area contributed by atoms with Crippen LogP contribution in [0.3, 0.4) is 0 Å². The van der Waals surface area contributed by atoms with E-state index >= 15 is 0 Å². The fourth-order valence-electron chi connectivity index (χ4n) is 5.19. The number of carbonyl (C=O) groups is 2. The SMILES string of the molecule is CC(C)(C)c1ccc(C2/C(=C(\O)c3cccc4ccccc34)C(=O)C(=O)N2c2nc3ccc(F)cc3[nH]2)cc1. The maximum absolute atomic E-state index is 13.9. The zero-order valence-electron chi connectivity index (χ0n) is 21.7. The third kappa shape index (κ3) is 4.07. The molecule has 1 saturated heterocycles. The lowest BCUT2D eigenvalue weighted by Gasteiger charge is -2.25. The van der Waals surface area contributed by atoms with Crippen LogP contribution in [0.25, 0.3) is 27.6 Å². The monoisotopic (exact) mass is 519 g/mol. The Labute approximate surface area is 224 Å². The number of Topliss-reactive ketones (excluding diaryl/α,β-unsaturated/α-hetero) is 1. The summed E-state index contributed by atoms with van der Waals surface area (Å²) in [6, 6.07) is 23.7. The van der Waals surface area contributed by atoms with Gasteiger partial charge in [-0.3, -0.25) is 14.5 Å². The first-order chi connectivity index (χ1) is 18.6. The molecule has 1 aromatic heterocycles. The summed E-state index contributed by atoms with van der Waals surface area (Å²) in [6.45, 7) is 6.30. The molecule has 1 unspecified atom stereocenters. The van der Waals surface area contributed by atoms with Gasteiger partial charge in [-0.25, -0.2) is 9.37 Å². The zero-order chi connectivity index (χ0) is 27.5. The van der Waals surface area contributed by atoms with E-state index in [0.29, 0.717) is 22.2 Å². The molecule has 1 atom stereocenters. The molecule has 0 spiro atoms. The van der Waals surface area contributed by atoms with Crippen LogP contribution in [0, 0.1) is 5.82 Å². The first-order valence-corrected chi connectivity index (χ1v) is 12.7. The zero-order valence-corrected chi connectivity index (χ0v) is 21.7. The number of fused-ring (bicyclic) bond motifs is 2. The van der Waals surface area contributed by atoms with Gasteiger partial charge in [0, 0.05) is 5.56 Å². The summed E-state index contributed by atoms with van der Waals surface area (Å²) >= 11 is 0. The molecule has 39 heavy (non-hydrogen) atoms. The van der Waals surface area contributed by atoms with Gasteiger partial charge in [-0.15, -0.1) is 0 Å². The van der Waals surface area contributed by atoms with Crippen LogP contribution in [-0.4, -0.2) is 26.8 Å². The molecular formula is C32H26FN3O3. The quantitative estimate of drug-likeness (QED) is 0.156. The second-order valence-corrected chi connectivity index (χ2v) is 10.8. The number of hydrogen-bond acceptors (Lipinski definition) is 4. The number of H-pyrrole nitrogens is 1. The summed E-state index contributed by atoms with van der Waals surface area (Å²) in [5.74, 6) is -2.28. The first-order valence-electron chi connectivity index (χ1n) is 12.7. The third-order valence-electron chi connectivity index (χ3n) is 7.24. The number of nitrogens with zero attached hydrogens (tertiary/aromatic N) is 2. The highest BCUT2D eigenvalue weighted by atomic mass is 19.1. The number of halogens is 1. The summed E-state index contributed by atoms with van der Waals surface area (Å²) in [6.07, 6.45) is 0. The molecule has 4 aromatic carbocycles. The molecule has 1 fully saturated rings. The largest absolute Gasteiger partial charge is 0.507 e. The molecule has 2 heterocycles. The average molecular weight is 520 g/mol. The average Bonchev–Trinajstić information content (AvgIpc) is 3.45. The molecule has 1 aliphatic rings. The maximum atomic E-state index is 13.9. The predicted octanol–water partition coefficient (Wildman–Crippen LogP) is 6.78. The number of amides is 1. The molecule has 0 saturated carbocycles. The number of nitrogens with one attached hydrogen (secondary N) is 1. The van der Waals surface area contributed by atoms with E-state index in [9.17, 15) is 19.1 Å². The van der Waals surface area contributed by atoms with Crippen molar-refractivity contribution in [2.45, 2.75) is 32.2 Å². The molecule has 2 N–H and O–H groups in total. The van der Waals surface area contributed by atoms with Crippen molar-refractivity contribution < 1.29 is 19.1 Å². The van der Waals surface area contributed by atoms with Gasteiger partial charge in [-0.1, -0.05) is 87.5 Å². The van der Waals surface area contributed by atoms with E-state index in [1.165, 1.54) is 23.1 Å². The molecule has 5 aromatic rings. The minimum absolute atomic E-state index is 0.0356. The number of aliphatic hydroxyl groups excluding tert-OH is 1. The van der Waals surface area contributed by atoms with Crippen LogP contribution in [-0.2, 0) is 15.0 Å².